The maximum atomic E-state index is 6.18. The van der Waals surface area contributed by atoms with Crippen LogP contribution in [0.15, 0.2) is 199 Å². The zero-order chi connectivity index (χ0) is 41.0. The molecular formula is C54H32N6OS. The first-order valence-electron chi connectivity index (χ1n) is 20.4. The Bertz CT molecular complexity index is 3580. The maximum Gasteiger partial charge on any atom is 0.164 e. The molecule has 8 aromatic carbocycles. The Labute approximate surface area is 359 Å². The van der Waals surface area contributed by atoms with Crippen molar-refractivity contribution < 1.29 is 4.42 Å². The molecule has 0 saturated heterocycles. The van der Waals surface area contributed by atoms with Crippen molar-refractivity contribution >= 4 is 53.4 Å². The molecule has 0 aliphatic carbocycles. The summed E-state index contributed by atoms with van der Waals surface area (Å²) < 4.78 is 8.64. The van der Waals surface area contributed by atoms with Crippen LogP contribution >= 0.6 is 11.3 Å². The normalized spacial score (nSPS) is 11.5. The number of hydrogen-bond acceptors (Lipinski definition) is 8. The van der Waals surface area contributed by atoms with Crippen molar-refractivity contribution in [1.29, 1.82) is 0 Å². The molecule has 0 radical (unpaired) electrons. The van der Waals surface area contributed by atoms with Crippen molar-refractivity contribution in [3.05, 3.63) is 194 Å². The molecular weight excluding hydrogens is 781 g/mol. The van der Waals surface area contributed by atoms with E-state index in [1.165, 1.54) is 20.2 Å². The quantitative estimate of drug-likeness (QED) is 0.158. The highest BCUT2D eigenvalue weighted by molar-refractivity contribution is 7.25. The highest BCUT2D eigenvalue weighted by atomic mass is 32.1. The van der Waals surface area contributed by atoms with Gasteiger partial charge in [-0.25, -0.2) is 29.9 Å². The van der Waals surface area contributed by atoms with Crippen molar-refractivity contribution in [3.8, 4) is 79.5 Å². The van der Waals surface area contributed by atoms with Gasteiger partial charge in [0.25, 0.3) is 0 Å². The summed E-state index contributed by atoms with van der Waals surface area (Å²) in [6.07, 6.45) is 0. The molecule has 62 heavy (non-hydrogen) atoms. The topological polar surface area (TPSA) is 90.5 Å². The number of para-hydroxylation sites is 1. The fourth-order valence-electron chi connectivity index (χ4n) is 8.16. The lowest BCUT2D eigenvalue weighted by atomic mass is 9.95. The lowest BCUT2D eigenvalue weighted by Crippen LogP contribution is -2.03. The van der Waals surface area contributed by atoms with Crippen LogP contribution in [0.5, 0.6) is 0 Å². The van der Waals surface area contributed by atoms with Gasteiger partial charge in [-0.15, -0.1) is 11.3 Å². The Morgan fingerprint density at radius 3 is 1.39 bits per heavy atom. The van der Waals surface area contributed by atoms with Gasteiger partial charge in [-0.05, 0) is 53.6 Å². The van der Waals surface area contributed by atoms with E-state index in [-0.39, 0.29) is 0 Å². The minimum atomic E-state index is 0.527. The monoisotopic (exact) mass is 812 g/mol. The fraction of sp³-hybridized carbons (Fsp3) is 0. The Morgan fingerprint density at radius 1 is 0.274 bits per heavy atom. The summed E-state index contributed by atoms with van der Waals surface area (Å²) in [5.74, 6) is 3.37. The van der Waals surface area contributed by atoms with Crippen LogP contribution < -0.4 is 0 Å². The van der Waals surface area contributed by atoms with Gasteiger partial charge in [-0.3, -0.25) is 0 Å². The minimum absolute atomic E-state index is 0.527. The smallest absolute Gasteiger partial charge is 0.164 e. The molecule has 0 amide bonds. The second-order valence-electron chi connectivity index (χ2n) is 15.1. The van der Waals surface area contributed by atoms with E-state index in [0.29, 0.717) is 34.9 Å². The third kappa shape index (κ3) is 6.38. The van der Waals surface area contributed by atoms with Gasteiger partial charge in [0, 0.05) is 64.3 Å². The van der Waals surface area contributed by atoms with E-state index < -0.39 is 0 Å². The molecule has 0 bridgehead atoms. The van der Waals surface area contributed by atoms with Crippen LogP contribution in [0.2, 0.25) is 0 Å². The Balaban J connectivity index is 1.09. The van der Waals surface area contributed by atoms with Gasteiger partial charge in [0.1, 0.15) is 11.2 Å². The van der Waals surface area contributed by atoms with Gasteiger partial charge >= 0.3 is 0 Å². The molecule has 0 saturated carbocycles. The molecule has 0 atom stereocenters. The summed E-state index contributed by atoms with van der Waals surface area (Å²) in [7, 11) is 0. The maximum absolute atomic E-state index is 6.18. The van der Waals surface area contributed by atoms with Gasteiger partial charge in [0.15, 0.2) is 34.9 Å². The molecule has 0 aliphatic heterocycles. The first-order chi connectivity index (χ1) is 30.7. The van der Waals surface area contributed by atoms with Crippen molar-refractivity contribution in [1.82, 2.24) is 29.9 Å². The van der Waals surface area contributed by atoms with E-state index >= 15 is 0 Å². The van der Waals surface area contributed by atoms with Crippen LogP contribution in [0.1, 0.15) is 0 Å². The molecule has 0 fully saturated rings. The summed E-state index contributed by atoms with van der Waals surface area (Å²) in [6.45, 7) is 0. The van der Waals surface area contributed by atoms with Crippen LogP contribution in [-0.4, -0.2) is 29.9 Å². The molecule has 7 nitrogen and oxygen atoms in total. The van der Waals surface area contributed by atoms with Crippen molar-refractivity contribution in [3.63, 3.8) is 0 Å². The summed E-state index contributed by atoms with van der Waals surface area (Å²) in [5.41, 5.74) is 8.84. The average Bonchev–Trinajstić information content (AvgIpc) is 3.92. The fourth-order valence-corrected chi connectivity index (χ4v) is 9.30. The molecule has 0 spiro atoms. The van der Waals surface area contributed by atoms with Crippen molar-refractivity contribution in [2.45, 2.75) is 0 Å². The SMILES string of the molecule is c1ccc(-c2nc(-c3ccc(-c4ccc5c(c4)sc4ccccc45)c(-c4nc(-c5ccccc5)nc(-c5ccccc5)n4)c3)nc(-c3ccc4oc5ccccc5c4c3)n2)cc1. The van der Waals surface area contributed by atoms with E-state index in [4.69, 9.17) is 34.3 Å². The molecule has 4 heterocycles. The average molecular weight is 813 g/mol. The van der Waals surface area contributed by atoms with Gasteiger partial charge in [-0.2, -0.15) is 0 Å². The van der Waals surface area contributed by atoms with Crippen LogP contribution in [-0.2, 0) is 0 Å². The Hall–Kier alpha value is -8.20. The lowest BCUT2D eigenvalue weighted by Gasteiger charge is -2.14. The summed E-state index contributed by atoms with van der Waals surface area (Å²) in [6, 6.07) is 66.0. The highest BCUT2D eigenvalue weighted by Gasteiger charge is 2.20. The number of furan rings is 1. The number of rotatable bonds is 7. The van der Waals surface area contributed by atoms with E-state index in [9.17, 15) is 0 Å². The lowest BCUT2D eigenvalue weighted by molar-refractivity contribution is 0.669. The zero-order valence-corrected chi connectivity index (χ0v) is 33.8. The van der Waals surface area contributed by atoms with Gasteiger partial charge in [-0.1, -0.05) is 152 Å². The number of benzene rings is 8. The zero-order valence-electron chi connectivity index (χ0n) is 33.0. The van der Waals surface area contributed by atoms with Gasteiger partial charge in [0.2, 0.25) is 0 Å². The van der Waals surface area contributed by atoms with E-state index in [1.807, 2.05) is 121 Å². The number of nitrogens with zero attached hydrogens (tertiary/aromatic N) is 6. The van der Waals surface area contributed by atoms with Crippen molar-refractivity contribution in [2.24, 2.45) is 0 Å². The molecule has 290 valence electrons. The van der Waals surface area contributed by atoms with Crippen LogP contribution in [0, 0.1) is 0 Å². The summed E-state index contributed by atoms with van der Waals surface area (Å²) in [5, 5.41) is 4.53. The third-order valence-electron chi connectivity index (χ3n) is 11.2. The van der Waals surface area contributed by atoms with E-state index in [2.05, 4.69) is 72.8 Å². The molecule has 0 unspecified atom stereocenters. The Kier molecular flexibility index (Phi) is 8.53. The van der Waals surface area contributed by atoms with Gasteiger partial charge < -0.3 is 4.42 Å². The first-order valence-corrected chi connectivity index (χ1v) is 21.2. The molecule has 12 aromatic rings. The number of fused-ring (bicyclic) bond motifs is 6. The Morgan fingerprint density at radius 2 is 0.742 bits per heavy atom. The molecule has 4 aromatic heterocycles. The third-order valence-corrected chi connectivity index (χ3v) is 12.3. The number of aromatic nitrogens is 6. The molecule has 0 aliphatic rings. The summed E-state index contributed by atoms with van der Waals surface area (Å²) in [4.78, 5) is 30.9. The van der Waals surface area contributed by atoms with Crippen LogP contribution in [0.3, 0.4) is 0 Å². The second kappa shape index (κ2) is 14.8. The number of hydrogen-bond donors (Lipinski definition) is 0. The molecule has 8 heteroatoms. The largest absolute Gasteiger partial charge is 0.456 e. The van der Waals surface area contributed by atoms with Crippen LogP contribution in [0.4, 0.5) is 0 Å². The van der Waals surface area contributed by atoms with E-state index in [0.717, 1.165) is 66.4 Å². The van der Waals surface area contributed by atoms with Crippen LogP contribution in [0.25, 0.3) is 122 Å². The predicted molar refractivity (Wildman–Crippen MR) is 251 cm³/mol. The predicted octanol–water partition coefficient (Wildman–Crippen LogP) is 14.0. The molecule has 0 N–H and O–H groups in total. The highest BCUT2D eigenvalue weighted by Crippen LogP contribution is 2.41. The van der Waals surface area contributed by atoms with Crippen molar-refractivity contribution in [2.75, 3.05) is 0 Å². The minimum Gasteiger partial charge on any atom is -0.456 e. The standard InChI is InChI=1S/C54H32N6OS/c1-4-14-33(15-5-1)49-56-52(58-53(57-49)38-26-29-46-43(30-38)40-20-10-12-22-45(40)61-46)37-25-27-39(36-24-28-42-41-21-11-13-23-47(41)62-48(42)32-36)44(31-37)54-59-50(34-16-6-2-7-17-34)55-51(60-54)35-18-8-3-9-19-35/h1-32H. The summed E-state index contributed by atoms with van der Waals surface area (Å²) >= 11 is 1.80. The van der Waals surface area contributed by atoms with E-state index in [1.54, 1.807) is 11.3 Å². The molecule has 12 rings (SSSR count). The second-order valence-corrected chi connectivity index (χ2v) is 16.2. The first kappa shape index (κ1) is 35.7. The number of thiophene rings is 1. The van der Waals surface area contributed by atoms with Gasteiger partial charge in [0.05, 0.1) is 0 Å².